The Bertz CT molecular complexity index is 1650. The van der Waals surface area contributed by atoms with Crippen molar-refractivity contribution in [2.45, 2.75) is 19.8 Å². The van der Waals surface area contributed by atoms with Gasteiger partial charge in [-0.15, -0.1) is 0 Å². The number of non-ortho nitro benzene ring substituents is 1. The molecule has 2 heterocycles. The molecule has 2 aliphatic rings. The fourth-order valence-electron chi connectivity index (χ4n) is 4.13. The van der Waals surface area contributed by atoms with Crippen molar-refractivity contribution in [3.05, 3.63) is 114 Å². The van der Waals surface area contributed by atoms with E-state index >= 15 is 0 Å². The number of allylic oxidation sites excluding steroid dienone is 5. The Labute approximate surface area is 214 Å². The van der Waals surface area contributed by atoms with E-state index in [9.17, 15) is 19.7 Å². The van der Waals surface area contributed by atoms with Crippen molar-refractivity contribution in [3.8, 4) is 0 Å². The lowest BCUT2D eigenvalue weighted by molar-refractivity contribution is -0.384. The zero-order valence-electron chi connectivity index (χ0n) is 18.8. The summed E-state index contributed by atoms with van der Waals surface area (Å²) in [5.41, 5.74) is 0.937. The van der Waals surface area contributed by atoms with Crippen molar-refractivity contribution in [2.75, 3.05) is 0 Å². The van der Waals surface area contributed by atoms with Crippen LogP contribution < -0.4 is 5.63 Å². The van der Waals surface area contributed by atoms with Crippen LogP contribution in [0.1, 0.15) is 30.9 Å². The molecule has 0 atom stereocenters. The molecule has 0 bridgehead atoms. The highest BCUT2D eigenvalue weighted by atomic mass is 35.5. The smallest absolute Gasteiger partial charge is 0.343 e. The predicted molar refractivity (Wildman–Crippen MR) is 138 cm³/mol. The van der Waals surface area contributed by atoms with Gasteiger partial charge in [0.2, 0.25) is 0 Å². The summed E-state index contributed by atoms with van der Waals surface area (Å²) < 4.78 is 5.44. The molecular formula is C26H17Cl2N3O5. The van der Waals surface area contributed by atoms with Crippen molar-refractivity contribution >= 4 is 57.2 Å². The quantitative estimate of drug-likeness (QED) is 0.176. The van der Waals surface area contributed by atoms with Gasteiger partial charge in [-0.05, 0) is 55.7 Å². The number of rotatable bonds is 4. The van der Waals surface area contributed by atoms with Gasteiger partial charge in [0.25, 0.3) is 11.6 Å². The second-order valence-corrected chi connectivity index (χ2v) is 9.12. The molecule has 8 nitrogen and oxygen atoms in total. The highest BCUT2D eigenvalue weighted by molar-refractivity contribution is 6.36. The summed E-state index contributed by atoms with van der Waals surface area (Å²) in [4.78, 5) is 43.3. The molecule has 36 heavy (non-hydrogen) atoms. The van der Waals surface area contributed by atoms with Crippen molar-refractivity contribution in [2.24, 2.45) is 4.99 Å². The molecule has 1 aliphatic heterocycles. The molecule has 1 aromatic heterocycles. The Morgan fingerprint density at radius 1 is 1.08 bits per heavy atom. The molecule has 0 N–H and O–H groups in total. The number of hydrogen-bond acceptors (Lipinski definition) is 6. The lowest BCUT2D eigenvalue weighted by Gasteiger charge is -2.24. The third-order valence-corrected chi connectivity index (χ3v) is 6.65. The first-order valence-corrected chi connectivity index (χ1v) is 11.7. The maximum Gasteiger partial charge on any atom is 0.343 e. The van der Waals surface area contributed by atoms with Crippen LogP contribution in [0, 0.1) is 10.1 Å². The number of nitro benzene ring substituents is 1. The normalized spacial score (nSPS) is 17.1. The van der Waals surface area contributed by atoms with Gasteiger partial charge < -0.3 is 4.42 Å². The van der Waals surface area contributed by atoms with Crippen molar-refractivity contribution in [1.82, 2.24) is 4.90 Å². The Morgan fingerprint density at radius 3 is 2.58 bits per heavy atom. The number of nitrogens with zero attached hydrogens (tertiary/aromatic N) is 3. The Kier molecular flexibility index (Phi) is 6.07. The van der Waals surface area contributed by atoms with E-state index in [1.165, 1.54) is 23.1 Å². The fraction of sp³-hybridized carbons (Fsp3) is 0.115. The molecule has 0 spiro atoms. The first-order chi connectivity index (χ1) is 17.2. The maximum absolute atomic E-state index is 13.7. The number of carbonyl (C=O) groups excluding carboxylic acids is 1. The van der Waals surface area contributed by atoms with Gasteiger partial charge >= 0.3 is 5.63 Å². The van der Waals surface area contributed by atoms with E-state index in [-0.39, 0.29) is 33.4 Å². The van der Waals surface area contributed by atoms with Crippen LogP contribution in [0.5, 0.6) is 0 Å². The van der Waals surface area contributed by atoms with Crippen molar-refractivity contribution < 1.29 is 14.1 Å². The number of benzene rings is 2. The minimum atomic E-state index is -0.610. The van der Waals surface area contributed by atoms with E-state index in [0.717, 1.165) is 0 Å². The van der Waals surface area contributed by atoms with E-state index in [4.69, 9.17) is 27.6 Å². The number of halogens is 2. The van der Waals surface area contributed by atoms with Crippen LogP contribution in [0.2, 0.25) is 5.02 Å². The number of amides is 1. The molecule has 0 radical (unpaired) electrons. The van der Waals surface area contributed by atoms with Crippen LogP contribution in [-0.2, 0) is 4.79 Å². The Morgan fingerprint density at radius 2 is 1.86 bits per heavy atom. The molecular weight excluding hydrogens is 505 g/mol. The number of carbonyl (C=O) groups is 1. The minimum absolute atomic E-state index is 0.0108. The highest BCUT2D eigenvalue weighted by Gasteiger charge is 2.37. The van der Waals surface area contributed by atoms with Gasteiger partial charge in [0.15, 0.2) is 0 Å². The Hall–Kier alpha value is -4.01. The van der Waals surface area contributed by atoms with Crippen molar-refractivity contribution in [3.63, 3.8) is 0 Å². The zero-order chi connectivity index (χ0) is 25.6. The first-order valence-electron chi connectivity index (χ1n) is 10.9. The number of para-hydroxylation sites is 1. The monoisotopic (exact) mass is 521 g/mol. The zero-order valence-corrected chi connectivity index (χ0v) is 20.3. The van der Waals surface area contributed by atoms with Crippen LogP contribution in [0.15, 0.2) is 91.3 Å². The molecule has 1 aliphatic carbocycles. The summed E-state index contributed by atoms with van der Waals surface area (Å²) >= 11 is 12.5. The molecule has 0 fully saturated rings. The van der Waals surface area contributed by atoms with E-state index in [1.807, 2.05) is 6.07 Å². The largest absolute Gasteiger partial charge is 0.422 e. The molecule has 0 unspecified atom stereocenters. The third-order valence-electron chi connectivity index (χ3n) is 6.00. The second-order valence-electron chi connectivity index (χ2n) is 8.23. The van der Waals surface area contributed by atoms with Crippen LogP contribution in [-0.4, -0.2) is 21.6 Å². The van der Waals surface area contributed by atoms with Gasteiger partial charge in [-0.1, -0.05) is 41.4 Å². The van der Waals surface area contributed by atoms with E-state index < -0.39 is 16.5 Å². The van der Waals surface area contributed by atoms with Gasteiger partial charge in [0.1, 0.15) is 17.1 Å². The summed E-state index contributed by atoms with van der Waals surface area (Å²) in [5.74, 6) is -0.360. The maximum atomic E-state index is 13.7. The van der Waals surface area contributed by atoms with Gasteiger partial charge in [-0.3, -0.25) is 19.8 Å². The standard InChI is InChI=1S/C26H17Cl2N3O5/c1-14(19-12-15-4-2-3-5-22(15)36-26(19)33)23-25(32)30(17-8-6-16(27)7-9-17)24(29-23)20-13-18(31(34)35)10-11-21(20)28/h2-6,8,10-13H,7,9H2,1H3/b23-14-. The lowest BCUT2D eigenvalue weighted by Crippen LogP contribution is -2.33. The minimum Gasteiger partial charge on any atom is -0.422 e. The highest BCUT2D eigenvalue weighted by Crippen LogP contribution is 2.35. The van der Waals surface area contributed by atoms with Crippen molar-refractivity contribution in [1.29, 1.82) is 0 Å². The van der Waals surface area contributed by atoms with Crippen LogP contribution in [0.25, 0.3) is 16.5 Å². The van der Waals surface area contributed by atoms with E-state index in [0.29, 0.717) is 40.1 Å². The SMILES string of the molecule is C/C(=C1/N=C(c2cc([N+](=O)[O-])ccc2Cl)N(C2=CC=C(Cl)CC2)C1=O)c1cc2ccccc2oc1=O. The third kappa shape index (κ3) is 4.14. The van der Waals surface area contributed by atoms with Gasteiger partial charge in [-0.25, -0.2) is 9.79 Å². The van der Waals surface area contributed by atoms with Gasteiger partial charge in [0.05, 0.1) is 15.5 Å². The predicted octanol–water partition coefficient (Wildman–Crippen LogP) is 6.18. The number of aliphatic imine (C=N–C) groups is 1. The Balaban J connectivity index is 1.73. The van der Waals surface area contributed by atoms with Crippen LogP contribution in [0.3, 0.4) is 0 Å². The van der Waals surface area contributed by atoms with Gasteiger partial charge in [0, 0.05) is 33.8 Å². The molecule has 2 aromatic carbocycles. The average Bonchev–Trinajstić information content (AvgIpc) is 3.20. The van der Waals surface area contributed by atoms with E-state index in [2.05, 4.69) is 4.99 Å². The summed E-state index contributed by atoms with van der Waals surface area (Å²) in [6, 6.07) is 12.6. The lowest BCUT2D eigenvalue weighted by atomic mass is 10.0. The number of fused-ring (bicyclic) bond motifs is 1. The molecule has 0 saturated carbocycles. The molecule has 3 aromatic rings. The molecule has 1 amide bonds. The average molecular weight is 522 g/mol. The van der Waals surface area contributed by atoms with Crippen LogP contribution >= 0.6 is 23.2 Å². The molecule has 0 saturated heterocycles. The number of nitro groups is 1. The molecule has 10 heteroatoms. The topological polar surface area (TPSA) is 106 Å². The summed E-state index contributed by atoms with van der Waals surface area (Å²) in [6.07, 6.45) is 4.34. The summed E-state index contributed by atoms with van der Waals surface area (Å²) in [6.45, 7) is 1.61. The van der Waals surface area contributed by atoms with Crippen LogP contribution in [0.4, 0.5) is 5.69 Å². The number of hydrogen-bond donors (Lipinski definition) is 0. The molecule has 5 rings (SSSR count). The number of amidine groups is 1. The van der Waals surface area contributed by atoms with E-state index in [1.54, 1.807) is 43.3 Å². The fourth-order valence-corrected chi connectivity index (χ4v) is 4.49. The summed E-state index contributed by atoms with van der Waals surface area (Å²) in [7, 11) is 0. The second kappa shape index (κ2) is 9.22. The molecule has 180 valence electrons. The van der Waals surface area contributed by atoms with Gasteiger partial charge in [-0.2, -0.15) is 0 Å². The summed E-state index contributed by atoms with van der Waals surface area (Å²) in [5, 5.41) is 12.9. The first kappa shape index (κ1) is 23.7.